The monoisotopic (exact) mass is 410 g/mol. The van der Waals surface area contributed by atoms with E-state index in [1.807, 2.05) is 0 Å². The maximum absolute atomic E-state index is 12.5. The lowest BCUT2D eigenvalue weighted by atomic mass is 10.2. The molecule has 2 aromatic carbocycles. The van der Waals surface area contributed by atoms with Gasteiger partial charge in [0.05, 0.1) is 16.0 Å². The summed E-state index contributed by atoms with van der Waals surface area (Å²) >= 11 is 5.80. The van der Waals surface area contributed by atoms with Crippen molar-refractivity contribution < 1.29 is 13.3 Å². The number of nitro groups is 1. The number of sulfonamides is 1. The van der Waals surface area contributed by atoms with Gasteiger partial charge < -0.3 is 0 Å². The van der Waals surface area contributed by atoms with Crippen LogP contribution in [0.2, 0.25) is 5.02 Å². The van der Waals surface area contributed by atoms with Gasteiger partial charge in [-0.1, -0.05) is 37.6 Å². The SMILES string of the molecule is CCN(CC)S(=O)(=O)c1ccc(NN=Cc2ccc(Cl)cc2)c([N+](=O)[O-])c1. The topological polar surface area (TPSA) is 105 Å². The molecule has 0 bridgehead atoms. The molecule has 2 rings (SSSR count). The normalized spacial score (nSPS) is 11.9. The van der Waals surface area contributed by atoms with Crippen LogP contribution in [0.15, 0.2) is 52.5 Å². The molecule has 8 nitrogen and oxygen atoms in total. The van der Waals surface area contributed by atoms with Gasteiger partial charge in [-0.25, -0.2) is 8.42 Å². The summed E-state index contributed by atoms with van der Waals surface area (Å²) in [5.74, 6) is 0. The van der Waals surface area contributed by atoms with Crippen LogP contribution in [0.25, 0.3) is 0 Å². The van der Waals surface area contributed by atoms with Crippen LogP contribution in [0.1, 0.15) is 19.4 Å². The number of halogens is 1. The van der Waals surface area contributed by atoms with E-state index in [1.165, 1.54) is 22.7 Å². The Hall–Kier alpha value is -2.49. The predicted molar refractivity (Wildman–Crippen MR) is 106 cm³/mol. The van der Waals surface area contributed by atoms with Gasteiger partial charge in [0.2, 0.25) is 10.0 Å². The molecule has 0 aliphatic heterocycles. The Bertz CT molecular complexity index is 942. The maximum atomic E-state index is 12.5. The fourth-order valence-electron chi connectivity index (χ4n) is 2.36. The molecule has 0 amide bonds. The number of hydrazone groups is 1. The van der Waals surface area contributed by atoms with Crippen molar-refractivity contribution >= 4 is 39.2 Å². The van der Waals surface area contributed by atoms with Crippen LogP contribution in [0.4, 0.5) is 11.4 Å². The molecule has 0 spiro atoms. The van der Waals surface area contributed by atoms with Crippen molar-refractivity contribution in [2.24, 2.45) is 5.10 Å². The molecular weight excluding hydrogens is 392 g/mol. The van der Waals surface area contributed by atoms with Gasteiger partial charge in [0.15, 0.2) is 0 Å². The minimum Gasteiger partial charge on any atom is -0.272 e. The zero-order valence-electron chi connectivity index (χ0n) is 14.8. The summed E-state index contributed by atoms with van der Waals surface area (Å²) in [5, 5.41) is 15.9. The highest BCUT2D eigenvalue weighted by atomic mass is 35.5. The number of nitro benzene ring substituents is 1. The van der Waals surface area contributed by atoms with Gasteiger partial charge in [-0.3, -0.25) is 15.5 Å². The van der Waals surface area contributed by atoms with Gasteiger partial charge in [0.1, 0.15) is 5.69 Å². The van der Waals surface area contributed by atoms with E-state index in [9.17, 15) is 18.5 Å². The molecule has 0 fully saturated rings. The highest BCUT2D eigenvalue weighted by Gasteiger charge is 2.25. The Kier molecular flexibility index (Phi) is 6.89. The third-order valence-electron chi connectivity index (χ3n) is 3.78. The highest BCUT2D eigenvalue weighted by molar-refractivity contribution is 7.89. The van der Waals surface area contributed by atoms with E-state index in [0.717, 1.165) is 11.6 Å². The van der Waals surface area contributed by atoms with Crippen molar-refractivity contribution in [3.05, 3.63) is 63.2 Å². The molecule has 0 saturated carbocycles. The minimum absolute atomic E-state index is 0.0868. The lowest BCUT2D eigenvalue weighted by molar-refractivity contribution is -0.384. The molecule has 144 valence electrons. The number of nitrogens with zero attached hydrogens (tertiary/aromatic N) is 3. The fourth-order valence-corrected chi connectivity index (χ4v) is 3.96. The van der Waals surface area contributed by atoms with Crippen LogP contribution >= 0.6 is 11.6 Å². The van der Waals surface area contributed by atoms with Gasteiger partial charge in [-0.15, -0.1) is 0 Å². The first-order chi connectivity index (χ1) is 12.8. The Morgan fingerprint density at radius 1 is 1.19 bits per heavy atom. The van der Waals surface area contributed by atoms with Gasteiger partial charge >= 0.3 is 0 Å². The van der Waals surface area contributed by atoms with Gasteiger partial charge in [0, 0.05) is 24.2 Å². The molecule has 0 aliphatic carbocycles. The molecule has 0 atom stereocenters. The van der Waals surface area contributed by atoms with E-state index >= 15 is 0 Å². The number of anilines is 1. The van der Waals surface area contributed by atoms with Crippen LogP contribution < -0.4 is 5.43 Å². The lowest BCUT2D eigenvalue weighted by Crippen LogP contribution is -2.30. The molecule has 0 radical (unpaired) electrons. The van der Waals surface area contributed by atoms with E-state index in [4.69, 9.17) is 11.6 Å². The third-order valence-corrected chi connectivity index (χ3v) is 6.08. The zero-order valence-corrected chi connectivity index (χ0v) is 16.4. The third kappa shape index (κ3) is 5.03. The van der Waals surface area contributed by atoms with Crippen molar-refractivity contribution in [3.63, 3.8) is 0 Å². The number of hydrogen-bond acceptors (Lipinski definition) is 6. The Morgan fingerprint density at radius 3 is 2.37 bits per heavy atom. The molecule has 2 aromatic rings. The van der Waals surface area contributed by atoms with Crippen molar-refractivity contribution in [2.75, 3.05) is 18.5 Å². The van der Waals surface area contributed by atoms with Crippen molar-refractivity contribution in [2.45, 2.75) is 18.7 Å². The largest absolute Gasteiger partial charge is 0.295 e. The first-order valence-corrected chi connectivity index (χ1v) is 9.94. The van der Waals surface area contributed by atoms with E-state index < -0.39 is 14.9 Å². The van der Waals surface area contributed by atoms with E-state index in [-0.39, 0.29) is 29.4 Å². The first-order valence-electron chi connectivity index (χ1n) is 8.12. The van der Waals surface area contributed by atoms with Crippen LogP contribution in [0, 0.1) is 10.1 Å². The molecule has 0 aromatic heterocycles. The van der Waals surface area contributed by atoms with Crippen molar-refractivity contribution in [1.82, 2.24) is 4.31 Å². The molecular formula is C17H19ClN4O4S. The summed E-state index contributed by atoms with van der Waals surface area (Å²) in [7, 11) is -3.79. The number of benzene rings is 2. The minimum atomic E-state index is -3.79. The molecule has 0 heterocycles. The quantitative estimate of drug-likeness (QED) is 0.405. The highest BCUT2D eigenvalue weighted by Crippen LogP contribution is 2.29. The molecule has 1 N–H and O–H groups in total. The summed E-state index contributed by atoms with van der Waals surface area (Å²) in [6, 6.07) is 10.5. The van der Waals surface area contributed by atoms with Crippen LogP contribution in [-0.2, 0) is 10.0 Å². The lowest BCUT2D eigenvalue weighted by Gasteiger charge is -2.18. The predicted octanol–water partition coefficient (Wildman–Crippen LogP) is 3.72. The summed E-state index contributed by atoms with van der Waals surface area (Å²) in [6.07, 6.45) is 1.47. The summed E-state index contributed by atoms with van der Waals surface area (Å²) in [4.78, 5) is 10.6. The molecule has 0 unspecified atom stereocenters. The average molecular weight is 411 g/mol. The number of rotatable bonds is 8. The summed E-state index contributed by atoms with van der Waals surface area (Å²) in [6.45, 7) is 3.96. The van der Waals surface area contributed by atoms with Gasteiger partial charge in [0.25, 0.3) is 5.69 Å². The van der Waals surface area contributed by atoms with Crippen LogP contribution in [-0.4, -0.2) is 37.0 Å². The second-order valence-electron chi connectivity index (χ2n) is 5.45. The Balaban J connectivity index is 2.30. The standard InChI is InChI=1S/C17H19ClN4O4S/c1-3-21(4-2)27(25,26)15-9-10-16(17(11-15)22(23)24)20-19-12-13-5-7-14(18)8-6-13/h5-12,20H,3-4H2,1-2H3. The first kappa shape index (κ1) is 20.8. The smallest absolute Gasteiger partial charge is 0.272 e. The summed E-state index contributed by atoms with van der Waals surface area (Å²) < 4.78 is 26.3. The maximum Gasteiger partial charge on any atom is 0.295 e. The van der Waals surface area contributed by atoms with Crippen LogP contribution in [0.3, 0.4) is 0 Å². The van der Waals surface area contributed by atoms with E-state index in [2.05, 4.69) is 10.5 Å². The van der Waals surface area contributed by atoms with Gasteiger partial charge in [-0.2, -0.15) is 9.41 Å². The zero-order chi connectivity index (χ0) is 20.0. The fraction of sp³-hybridized carbons (Fsp3) is 0.235. The van der Waals surface area contributed by atoms with Gasteiger partial charge in [-0.05, 0) is 29.8 Å². The Labute approximate surface area is 162 Å². The number of hydrogen-bond donors (Lipinski definition) is 1. The second kappa shape index (κ2) is 8.94. The van der Waals surface area contributed by atoms with E-state index in [0.29, 0.717) is 5.02 Å². The molecule has 0 aliphatic rings. The van der Waals surface area contributed by atoms with Crippen molar-refractivity contribution in [3.8, 4) is 0 Å². The molecule has 10 heteroatoms. The summed E-state index contributed by atoms with van der Waals surface area (Å²) in [5.41, 5.74) is 3.03. The van der Waals surface area contributed by atoms with Crippen LogP contribution in [0.5, 0.6) is 0 Å². The average Bonchev–Trinajstić information content (AvgIpc) is 2.64. The molecule has 0 saturated heterocycles. The Morgan fingerprint density at radius 2 is 1.81 bits per heavy atom. The number of nitrogens with one attached hydrogen (secondary N) is 1. The van der Waals surface area contributed by atoms with E-state index in [1.54, 1.807) is 38.1 Å². The molecule has 27 heavy (non-hydrogen) atoms. The second-order valence-corrected chi connectivity index (χ2v) is 7.82. The van der Waals surface area contributed by atoms with Crippen molar-refractivity contribution in [1.29, 1.82) is 0 Å².